The van der Waals surface area contributed by atoms with Crippen LogP contribution in [0.25, 0.3) is 0 Å². The lowest BCUT2D eigenvalue weighted by atomic mass is 10.3. The summed E-state index contributed by atoms with van der Waals surface area (Å²) in [7, 11) is 1.16. The molecule has 0 fully saturated rings. The van der Waals surface area contributed by atoms with Gasteiger partial charge in [-0.3, -0.25) is 4.79 Å². The van der Waals surface area contributed by atoms with Gasteiger partial charge in [-0.15, -0.1) is 11.3 Å². The second-order valence-corrected chi connectivity index (χ2v) is 4.09. The van der Waals surface area contributed by atoms with E-state index in [1.54, 1.807) is 0 Å². The summed E-state index contributed by atoms with van der Waals surface area (Å²) >= 11 is 1.46. The van der Waals surface area contributed by atoms with Crippen molar-refractivity contribution in [3.63, 3.8) is 0 Å². The molecule has 0 aliphatic carbocycles. The molecule has 1 rings (SSSR count). The van der Waals surface area contributed by atoms with Crippen LogP contribution in [0.4, 0.5) is 13.2 Å². The average Bonchev–Trinajstić information content (AvgIpc) is 2.63. The van der Waals surface area contributed by atoms with E-state index in [4.69, 9.17) is 0 Å². The van der Waals surface area contributed by atoms with Crippen molar-refractivity contribution in [1.29, 1.82) is 0 Å². The maximum absolute atomic E-state index is 12.0. The highest BCUT2D eigenvalue weighted by Crippen LogP contribution is 2.18. The number of likely N-dealkylation sites (N-methyl/N-ethyl adjacent to an activating group) is 1. The fraction of sp³-hybridized carbons (Fsp3) is 0.444. The molecule has 1 heterocycles. The quantitative estimate of drug-likeness (QED) is 0.790. The van der Waals surface area contributed by atoms with Gasteiger partial charge in [-0.05, 0) is 17.9 Å². The van der Waals surface area contributed by atoms with E-state index in [1.807, 2.05) is 17.5 Å². The molecule has 0 radical (unpaired) electrons. The van der Waals surface area contributed by atoms with E-state index in [0.717, 1.165) is 11.9 Å². The van der Waals surface area contributed by atoms with Gasteiger partial charge in [0.05, 0.1) is 0 Å². The minimum atomic E-state index is -4.77. The molecule has 6 heteroatoms. The van der Waals surface area contributed by atoms with Crippen molar-refractivity contribution in [3.05, 3.63) is 22.4 Å². The Morgan fingerprint density at radius 2 is 2.20 bits per heavy atom. The van der Waals surface area contributed by atoms with Gasteiger partial charge in [0.25, 0.3) is 0 Å². The molecule has 1 aromatic rings. The molecule has 0 aliphatic heterocycles. The molecule has 0 saturated carbocycles. The van der Waals surface area contributed by atoms with Gasteiger partial charge in [-0.25, -0.2) is 0 Å². The molecule has 84 valence electrons. The van der Waals surface area contributed by atoms with Crippen LogP contribution < -0.4 is 0 Å². The fourth-order valence-electron chi connectivity index (χ4n) is 1.05. The monoisotopic (exact) mass is 237 g/mol. The first-order valence-corrected chi connectivity index (χ1v) is 5.14. The number of amides is 1. The number of alkyl halides is 3. The van der Waals surface area contributed by atoms with Gasteiger partial charge >= 0.3 is 12.1 Å². The third-order valence-corrected chi connectivity index (χ3v) is 2.80. The van der Waals surface area contributed by atoms with Crippen molar-refractivity contribution in [2.24, 2.45) is 0 Å². The molecular formula is C9H10F3NOS. The zero-order valence-electron chi connectivity index (χ0n) is 8.04. The van der Waals surface area contributed by atoms with E-state index >= 15 is 0 Å². The summed E-state index contributed by atoms with van der Waals surface area (Å²) in [6, 6.07) is 3.65. The largest absolute Gasteiger partial charge is 0.471 e. The maximum Gasteiger partial charge on any atom is 0.471 e. The van der Waals surface area contributed by atoms with Crippen LogP contribution in [-0.4, -0.2) is 30.6 Å². The lowest BCUT2D eigenvalue weighted by Gasteiger charge is -2.17. The van der Waals surface area contributed by atoms with Crippen LogP contribution in [0.2, 0.25) is 0 Å². The molecule has 15 heavy (non-hydrogen) atoms. The number of halogens is 3. The SMILES string of the molecule is CN(CCc1cccs1)C(=O)C(F)(F)F. The molecular weight excluding hydrogens is 227 g/mol. The molecule has 0 unspecified atom stereocenters. The summed E-state index contributed by atoms with van der Waals surface area (Å²) in [5, 5.41) is 1.85. The molecule has 0 atom stereocenters. The van der Waals surface area contributed by atoms with Gasteiger partial charge in [0, 0.05) is 18.5 Å². The standard InChI is InChI=1S/C9H10F3NOS/c1-13(8(14)9(10,11)12)5-4-7-3-2-6-15-7/h2-3,6H,4-5H2,1H3. The van der Waals surface area contributed by atoms with Crippen LogP contribution in [0.3, 0.4) is 0 Å². The molecule has 0 N–H and O–H groups in total. The fourth-order valence-corrected chi connectivity index (χ4v) is 1.75. The molecule has 0 bridgehead atoms. The van der Waals surface area contributed by atoms with Gasteiger partial charge in [-0.1, -0.05) is 6.07 Å². The van der Waals surface area contributed by atoms with Gasteiger partial charge < -0.3 is 4.90 Å². The summed E-state index contributed by atoms with van der Waals surface area (Å²) in [6.07, 6.45) is -4.32. The van der Waals surface area contributed by atoms with E-state index < -0.39 is 12.1 Å². The summed E-state index contributed by atoms with van der Waals surface area (Å²) < 4.78 is 35.9. The number of carbonyl (C=O) groups excluding carboxylic acids is 1. The highest BCUT2D eigenvalue weighted by atomic mass is 32.1. The lowest BCUT2D eigenvalue weighted by molar-refractivity contribution is -0.184. The van der Waals surface area contributed by atoms with Gasteiger partial charge in [-0.2, -0.15) is 13.2 Å². The topological polar surface area (TPSA) is 20.3 Å². The molecule has 2 nitrogen and oxygen atoms in total. The smallest absolute Gasteiger partial charge is 0.338 e. The number of thiophene rings is 1. The Labute approximate surface area is 89.3 Å². The van der Waals surface area contributed by atoms with Gasteiger partial charge in [0.1, 0.15) is 0 Å². The Hall–Kier alpha value is -1.04. The van der Waals surface area contributed by atoms with E-state index in [-0.39, 0.29) is 6.54 Å². The van der Waals surface area contributed by atoms with Gasteiger partial charge in [0.15, 0.2) is 0 Å². The van der Waals surface area contributed by atoms with Crippen LogP contribution >= 0.6 is 11.3 Å². The summed E-state index contributed by atoms with van der Waals surface area (Å²) in [4.78, 5) is 12.4. The Morgan fingerprint density at radius 3 is 2.67 bits per heavy atom. The first kappa shape index (κ1) is 12.0. The number of hydrogen-bond donors (Lipinski definition) is 0. The highest BCUT2D eigenvalue weighted by molar-refractivity contribution is 7.09. The van der Waals surface area contributed by atoms with Gasteiger partial charge in [0.2, 0.25) is 0 Å². The van der Waals surface area contributed by atoms with Crippen molar-refractivity contribution in [2.45, 2.75) is 12.6 Å². The molecule has 0 spiro atoms. The van der Waals surface area contributed by atoms with Crippen LogP contribution in [0.15, 0.2) is 17.5 Å². The number of hydrogen-bond acceptors (Lipinski definition) is 2. The first-order valence-electron chi connectivity index (χ1n) is 4.26. The number of rotatable bonds is 3. The third-order valence-electron chi connectivity index (χ3n) is 1.86. The summed E-state index contributed by atoms with van der Waals surface area (Å²) in [5.74, 6) is -1.79. The molecule has 0 saturated heterocycles. The molecule has 0 aromatic carbocycles. The second kappa shape index (κ2) is 4.65. The molecule has 0 aliphatic rings. The predicted molar refractivity (Wildman–Crippen MR) is 51.7 cm³/mol. The Kier molecular flexibility index (Phi) is 3.73. The van der Waals surface area contributed by atoms with Crippen molar-refractivity contribution < 1.29 is 18.0 Å². The van der Waals surface area contributed by atoms with E-state index in [1.165, 1.54) is 11.3 Å². The zero-order valence-corrected chi connectivity index (χ0v) is 8.86. The Balaban J connectivity index is 2.43. The van der Waals surface area contributed by atoms with Crippen molar-refractivity contribution in [3.8, 4) is 0 Å². The Morgan fingerprint density at radius 1 is 1.53 bits per heavy atom. The lowest BCUT2D eigenvalue weighted by Crippen LogP contribution is -2.39. The minimum absolute atomic E-state index is 0.0822. The Bertz CT molecular complexity index is 321. The zero-order chi connectivity index (χ0) is 11.5. The third kappa shape index (κ3) is 3.54. The maximum atomic E-state index is 12.0. The van der Waals surface area contributed by atoms with Crippen LogP contribution in [0.1, 0.15) is 4.88 Å². The molecule has 1 aromatic heterocycles. The summed E-state index contributed by atoms with van der Waals surface area (Å²) in [6.45, 7) is 0.0822. The van der Waals surface area contributed by atoms with Crippen LogP contribution in [0.5, 0.6) is 0 Å². The van der Waals surface area contributed by atoms with Crippen molar-refractivity contribution >= 4 is 17.2 Å². The van der Waals surface area contributed by atoms with Crippen LogP contribution in [-0.2, 0) is 11.2 Å². The predicted octanol–water partition coefficient (Wildman–Crippen LogP) is 2.31. The summed E-state index contributed by atoms with van der Waals surface area (Å²) in [5.41, 5.74) is 0. The number of carbonyl (C=O) groups is 1. The molecule has 1 amide bonds. The normalized spacial score (nSPS) is 11.5. The van der Waals surface area contributed by atoms with Crippen molar-refractivity contribution in [1.82, 2.24) is 4.90 Å². The second-order valence-electron chi connectivity index (χ2n) is 3.05. The first-order chi connectivity index (χ1) is 6.91. The van der Waals surface area contributed by atoms with Crippen molar-refractivity contribution in [2.75, 3.05) is 13.6 Å². The van der Waals surface area contributed by atoms with E-state index in [0.29, 0.717) is 11.3 Å². The van der Waals surface area contributed by atoms with Crippen LogP contribution in [0, 0.1) is 0 Å². The number of nitrogens with zero attached hydrogens (tertiary/aromatic N) is 1. The average molecular weight is 237 g/mol. The highest BCUT2D eigenvalue weighted by Gasteiger charge is 2.40. The minimum Gasteiger partial charge on any atom is -0.338 e. The van der Waals surface area contributed by atoms with E-state index in [2.05, 4.69) is 0 Å². The van der Waals surface area contributed by atoms with E-state index in [9.17, 15) is 18.0 Å².